The van der Waals surface area contributed by atoms with Crippen molar-refractivity contribution in [3.8, 4) is 10.7 Å². The average Bonchev–Trinajstić information content (AvgIpc) is 3.47. The lowest BCUT2D eigenvalue weighted by Gasteiger charge is -2.16. The summed E-state index contributed by atoms with van der Waals surface area (Å²) in [6.45, 7) is 3.53. The van der Waals surface area contributed by atoms with E-state index in [9.17, 15) is 9.59 Å². The third-order valence-corrected chi connectivity index (χ3v) is 6.48. The van der Waals surface area contributed by atoms with E-state index in [1.807, 2.05) is 53.3 Å². The first-order chi connectivity index (χ1) is 14.2. The van der Waals surface area contributed by atoms with Crippen LogP contribution in [0, 0.1) is 0 Å². The first kappa shape index (κ1) is 19.7. The standard InChI is InChI=1S/C20H21N5O2S2/c1-2-24-19(16-5-4-12-28-16)22-23-20(24)29-13-17(26)21-14-7-9-15(10-8-14)25-11-3-6-18(25)27/h4-5,7-10,12H,2-3,6,11,13H2,1H3,(H,21,26). The number of thioether (sulfide) groups is 1. The summed E-state index contributed by atoms with van der Waals surface area (Å²) < 4.78 is 2.02. The van der Waals surface area contributed by atoms with E-state index in [4.69, 9.17) is 0 Å². The highest BCUT2D eigenvalue weighted by Gasteiger charge is 2.21. The Hall–Kier alpha value is -2.65. The molecule has 2 aromatic heterocycles. The van der Waals surface area contributed by atoms with Gasteiger partial charge in [-0.2, -0.15) is 0 Å². The van der Waals surface area contributed by atoms with Crippen LogP contribution in [0.3, 0.4) is 0 Å². The Morgan fingerprint density at radius 2 is 2.07 bits per heavy atom. The van der Waals surface area contributed by atoms with Gasteiger partial charge in [-0.05, 0) is 49.1 Å². The Morgan fingerprint density at radius 3 is 2.72 bits per heavy atom. The van der Waals surface area contributed by atoms with Crippen LogP contribution in [0.15, 0.2) is 46.9 Å². The highest BCUT2D eigenvalue weighted by molar-refractivity contribution is 7.99. The van der Waals surface area contributed by atoms with Gasteiger partial charge >= 0.3 is 0 Å². The number of anilines is 2. The number of carbonyl (C=O) groups excluding carboxylic acids is 2. The van der Waals surface area contributed by atoms with Gasteiger partial charge in [0.15, 0.2) is 11.0 Å². The molecule has 1 saturated heterocycles. The minimum Gasteiger partial charge on any atom is -0.325 e. The Morgan fingerprint density at radius 1 is 1.24 bits per heavy atom. The third kappa shape index (κ3) is 4.35. The van der Waals surface area contributed by atoms with Gasteiger partial charge in [-0.25, -0.2) is 0 Å². The number of thiophene rings is 1. The second kappa shape index (κ2) is 8.79. The monoisotopic (exact) mass is 427 g/mol. The Bertz CT molecular complexity index is 999. The molecule has 0 saturated carbocycles. The van der Waals surface area contributed by atoms with Gasteiger partial charge in [-0.1, -0.05) is 17.8 Å². The van der Waals surface area contributed by atoms with Gasteiger partial charge in [0.2, 0.25) is 11.8 Å². The molecular formula is C20H21N5O2S2. The largest absolute Gasteiger partial charge is 0.325 e. The summed E-state index contributed by atoms with van der Waals surface area (Å²) in [5, 5.41) is 14.2. The summed E-state index contributed by atoms with van der Waals surface area (Å²) >= 11 is 2.99. The average molecular weight is 428 g/mol. The smallest absolute Gasteiger partial charge is 0.234 e. The van der Waals surface area contributed by atoms with Crippen LogP contribution >= 0.6 is 23.1 Å². The van der Waals surface area contributed by atoms with Gasteiger partial charge in [-0.3, -0.25) is 9.59 Å². The molecule has 29 heavy (non-hydrogen) atoms. The molecule has 0 bridgehead atoms. The molecule has 4 rings (SSSR count). The van der Waals surface area contributed by atoms with E-state index in [1.54, 1.807) is 16.2 Å². The number of hydrogen-bond acceptors (Lipinski definition) is 6. The van der Waals surface area contributed by atoms with Crippen LogP contribution in [0.25, 0.3) is 10.7 Å². The second-order valence-corrected chi connectivity index (χ2v) is 8.45. The van der Waals surface area contributed by atoms with Crippen molar-refractivity contribution in [1.82, 2.24) is 14.8 Å². The molecule has 0 atom stereocenters. The predicted octanol–water partition coefficient (Wildman–Crippen LogP) is 3.88. The molecule has 1 fully saturated rings. The van der Waals surface area contributed by atoms with Crippen molar-refractivity contribution in [2.75, 3.05) is 22.5 Å². The van der Waals surface area contributed by atoms with E-state index < -0.39 is 0 Å². The van der Waals surface area contributed by atoms with Crippen LogP contribution in [-0.2, 0) is 16.1 Å². The zero-order chi connectivity index (χ0) is 20.2. The van der Waals surface area contributed by atoms with Crippen molar-refractivity contribution in [3.63, 3.8) is 0 Å². The lowest BCUT2D eigenvalue weighted by molar-refractivity contribution is -0.117. The van der Waals surface area contributed by atoms with E-state index in [2.05, 4.69) is 15.5 Å². The highest BCUT2D eigenvalue weighted by Crippen LogP contribution is 2.27. The number of carbonyl (C=O) groups is 2. The summed E-state index contributed by atoms with van der Waals surface area (Å²) in [5.41, 5.74) is 1.58. The van der Waals surface area contributed by atoms with Gasteiger partial charge in [-0.15, -0.1) is 21.5 Å². The Labute approximate surface area is 177 Å². The molecule has 1 aromatic carbocycles. The lowest BCUT2D eigenvalue weighted by atomic mass is 10.2. The van der Waals surface area contributed by atoms with Crippen LogP contribution in [-0.4, -0.2) is 38.9 Å². The SMILES string of the molecule is CCn1c(SCC(=O)Nc2ccc(N3CCCC3=O)cc2)nnc1-c1cccs1. The number of benzene rings is 1. The molecule has 0 aliphatic carbocycles. The Balaban J connectivity index is 1.35. The Kier molecular flexibility index (Phi) is 5.96. The van der Waals surface area contributed by atoms with Crippen LogP contribution in [0.2, 0.25) is 0 Å². The number of amides is 2. The second-order valence-electron chi connectivity index (χ2n) is 6.56. The lowest BCUT2D eigenvalue weighted by Crippen LogP contribution is -2.23. The maximum atomic E-state index is 12.4. The molecule has 1 aliphatic heterocycles. The normalized spacial score (nSPS) is 13.8. The van der Waals surface area contributed by atoms with Crippen LogP contribution < -0.4 is 10.2 Å². The molecule has 1 N–H and O–H groups in total. The summed E-state index contributed by atoms with van der Waals surface area (Å²) in [5.74, 6) is 1.12. The quantitative estimate of drug-likeness (QED) is 0.579. The first-order valence-electron chi connectivity index (χ1n) is 9.46. The van der Waals surface area contributed by atoms with E-state index in [0.717, 1.165) is 41.1 Å². The van der Waals surface area contributed by atoms with Gasteiger partial charge in [0.05, 0.1) is 10.6 Å². The fourth-order valence-corrected chi connectivity index (χ4v) is 4.76. The van der Waals surface area contributed by atoms with Gasteiger partial charge in [0.25, 0.3) is 0 Å². The topological polar surface area (TPSA) is 80.1 Å². The predicted molar refractivity (Wildman–Crippen MR) is 116 cm³/mol. The summed E-state index contributed by atoms with van der Waals surface area (Å²) in [7, 11) is 0. The molecule has 3 heterocycles. The fourth-order valence-electron chi connectivity index (χ4n) is 3.24. The molecule has 2 amide bonds. The third-order valence-electron chi connectivity index (χ3n) is 4.64. The maximum absolute atomic E-state index is 12.4. The molecular weight excluding hydrogens is 406 g/mol. The zero-order valence-corrected chi connectivity index (χ0v) is 17.6. The summed E-state index contributed by atoms with van der Waals surface area (Å²) in [6.07, 6.45) is 1.50. The number of nitrogens with zero attached hydrogens (tertiary/aromatic N) is 4. The molecule has 9 heteroatoms. The van der Waals surface area contributed by atoms with E-state index in [-0.39, 0.29) is 17.6 Å². The van der Waals surface area contributed by atoms with Gasteiger partial charge in [0, 0.05) is 30.9 Å². The van der Waals surface area contributed by atoms with Crippen molar-refractivity contribution in [3.05, 3.63) is 41.8 Å². The van der Waals surface area contributed by atoms with Crippen LogP contribution in [0.1, 0.15) is 19.8 Å². The number of aromatic nitrogens is 3. The molecule has 0 unspecified atom stereocenters. The maximum Gasteiger partial charge on any atom is 0.234 e. The van der Waals surface area contributed by atoms with Crippen molar-refractivity contribution in [2.45, 2.75) is 31.5 Å². The molecule has 0 radical (unpaired) electrons. The first-order valence-corrected chi connectivity index (χ1v) is 11.3. The van der Waals surface area contributed by atoms with Crippen molar-refractivity contribution in [2.24, 2.45) is 0 Å². The summed E-state index contributed by atoms with van der Waals surface area (Å²) in [4.78, 5) is 27.0. The summed E-state index contributed by atoms with van der Waals surface area (Å²) in [6, 6.07) is 11.4. The number of nitrogens with one attached hydrogen (secondary N) is 1. The van der Waals surface area contributed by atoms with E-state index in [0.29, 0.717) is 12.1 Å². The molecule has 3 aromatic rings. The van der Waals surface area contributed by atoms with Crippen LogP contribution in [0.5, 0.6) is 0 Å². The number of rotatable bonds is 7. The van der Waals surface area contributed by atoms with Crippen molar-refractivity contribution >= 4 is 46.3 Å². The zero-order valence-electron chi connectivity index (χ0n) is 16.0. The highest BCUT2D eigenvalue weighted by atomic mass is 32.2. The van der Waals surface area contributed by atoms with Crippen molar-refractivity contribution in [1.29, 1.82) is 0 Å². The van der Waals surface area contributed by atoms with E-state index >= 15 is 0 Å². The van der Waals surface area contributed by atoms with E-state index in [1.165, 1.54) is 11.8 Å². The molecule has 150 valence electrons. The molecule has 0 spiro atoms. The molecule has 1 aliphatic rings. The number of hydrogen-bond donors (Lipinski definition) is 1. The molecule has 7 nitrogen and oxygen atoms in total. The minimum atomic E-state index is -0.108. The van der Waals surface area contributed by atoms with Crippen LogP contribution in [0.4, 0.5) is 11.4 Å². The van der Waals surface area contributed by atoms with Gasteiger partial charge < -0.3 is 14.8 Å². The fraction of sp³-hybridized carbons (Fsp3) is 0.300. The van der Waals surface area contributed by atoms with Gasteiger partial charge in [0.1, 0.15) is 0 Å². The minimum absolute atomic E-state index is 0.108. The van der Waals surface area contributed by atoms with Crippen molar-refractivity contribution < 1.29 is 9.59 Å².